The molecule has 10 heteroatoms. The summed E-state index contributed by atoms with van der Waals surface area (Å²) in [6, 6.07) is 5.44. The summed E-state index contributed by atoms with van der Waals surface area (Å²) in [7, 11) is 0. The lowest BCUT2D eigenvalue weighted by Gasteiger charge is -2.30. The first-order valence-electron chi connectivity index (χ1n) is 10.8. The van der Waals surface area contributed by atoms with Crippen molar-refractivity contribution >= 4 is 30.5 Å². The Morgan fingerprint density at radius 1 is 1.21 bits per heavy atom. The van der Waals surface area contributed by atoms with Crippen molar-refractivity contribution in [1.82, 2.24) is 9.62 Å². The summed E-state index contributed by atoms with van der Waals surface area (Å²) in [5.74, 6) is -2.75. The fraction of sp³-hybridized carbons (Fsp3) is 0.458. The van der Waals surface area contributed by atoms with Crippen molar-refractivity contribution < 1.29 is 26.7 Å². The molecular weight excluding hydrogens is 491 g/mol. The van der Waals surface area contributed by atoms with Crippen LogP contribution in [0.4, 0.5) is 22.0 Å². The van der Waals surface area contributed by atoms with Crippen LogP contribution in [0.5, 0.6) is 0 Å². The second-order valence-corrected chi connectivity index (χ2v) is 9.24. The summed E-state index contributed by atoms with van der Waals surface area (Å²) in [5.41, 5.74) is -0.250. The normalized spacial score (nSPS) is 21.2. The lowest BCUT2D eigenvalue weighted by molar-refractivity contribution is -0.137. The Balaban J connectivity index is 0.00000158. The van der Waals surface area contributed by atoms with Crippen molar-refractivity contribution in [3.8, 4) is 11.1 Å². The van der Waals surface area contributed by atoms with Crippen LogP contribution < -0.4 is 4.72 Å². The molecule has 1 N–H and O–H groups in total. The molecule has 1 amide bonds. The molecule has 3 atom stereocenters. The number of hydrogen-bond donors (Lipinski definition) is 2. The molecule has 0 radical (unpaired) electrons. The Kier molecular flexibility index (Phi) is 8.92. The highest BCUT2D eigenvalue weighted by Crippen LogP contribution is 2.56. The number of carbonyl (C=O) groups is 1. The van der Waals surface area contributed by atoms with E-state index >= 15 is 4.39 Å². The number of nitrogens with one attached hydrogen (secondary N) is 1. The van der Waals surface area contributed by atoms with Gasteiger partial charge in [0.2, 0.25) is 0 Å². The lowest BCUT2D eigenvalue weighted by Crippen LogP contribution is -2.47. The second kappa shape index (κ2) is 11.3. The van der Waals surface area contributed by atoms with Crippen LogP contribution in [0.2, 0.25) is 0 Å². The fourth-order valence-corrected chi connectivity index (χ4v) is 5.33. The highest BCUT2D eigenvalue weighted by atomic mass is 32.2. The van der Waals surface area contributed by atoms with Crippen molar-refractivity contribution in [3.05, 3.63) is 59.4 Å². The van der Waals surface area contributed by atoms with Gasteiger partial charge in [-0.1, -0.05) is 12.1 Å². The predicted molar refractivity (Wildman–Crippen MR) is 129 cm³/mol. The van der Waals surface area contributed by atoms with Gasteiger partial charge < -0.3 is 4.90 Å². The van der Waals surface area contributed by atoms with E-state index in [1.165, 1.54) is 23.1 Å². The van der Waals surface area contributed by atoms with Crippen LogP contribution in [-0.4, -0.2) is 47.9 Å². The number of benzene rings is 2. The monoisotopic (exact) mass is 518 g/mol. The molecule has 1 saturated carbocycles. The second-order valence-electron chi connectivity index (χ2n) is 8.50. The predicted octanol–water partition coefficient (Wildman–Crippen LogP) is 5.74. The zero-order valence-electron chi connectivity index (χ0n) is 18.8. The number of halogens is 5. The van der Waals surface area contributed by atoms with Crippen molar-refractivity contribution in [1.29, 1.82) is 0 Å². The zero-order chi connectivity index (χ0) is 25.0. The maximum absolute atomic E-state index is 15.4. The van der Waals surface area contributed by atoms with E-state index in [4.69, 9.17) is 0 Å². The zero-order valence-corrected chi connectivity index (χ0v) is 20.5. The van der Waals surface area contributed by atoms with Gasteiger partial charge >= 0.3 is 0 Å². The number of amides is 1. The van der Waals surface area contributed by atoms with E-state index in [9.17, 15) is 22.4 Å². The van der Waals surface area contributed by atoms with Crippen molar-refractivity contribution in [2.75, 3.05) is 18.8 Å². The van der Waals surface area contributed by atoms with Gasteiger partial charge in [-0.15, -0.1) is 0 Å². The molecule has 3 unspecified atom stereocenters. The van der Waals surface area contributed by atoms with Crippen molar-refractivity contribution in [2.24, 2.45) is 5.41 Å². The number of nitrogens with zero attached hydrogens (tertiary/aromatic N) is 1. The number of hydrogen-bond acceptors (Lipinski definition) is 4. The Hall–Kier alpha value is -1.78. The highest BCUT2D eigenvalue weighted by molar-refractivity contribution is 7.97. The van der Waals surface area contributed by atoms with Crippen LogP contribution in [0.1, 0.15) is 25.3 Å². The van der Waals surface area contributed by atoms with Crippen LogP contribution >= 0.6 is 24.6 Å². The molecule has 2 fully saturated rings. The molecule has 0 bridgehead atoms. The van der Waals surface area contributed by atoms with Gasteiger partial charge in [0.15, 0.2) is 6.17 Å². The molecule has 3 nitrogen and oxygen atoms in total. The van der Waals surface area contributed by atoms with E-state index in [-0.39, 0.29) is 35.1 Å². The summed E-state index contributed by atoms with van der Waals surface area (Å²) in [5, 5.41) is 0. The van der Waals surface area contributed by atoms with E-state index in [1.807, 2.05) is 0 Å². The summed E-state index contributed by atoms with van der Waals surface area (Å²) in [6.45, 7) is 1.42. The topological polar surface area (TPSA) is 32.3 Å². The van der Waals surface area contributed by atoms with Gasteiger partial charge in [0.1, 0.15) is 23.5 Å². The minimum absolute atomic E-state index is 0.00618. The fourth-order valence-electron chi connectivity index (χ4n) is 4.68. The van der Waals surface area contributed by atoms with Crippen LogP contribution in [0.15, 0.2) is 36.4 Å². The van der Waals surface area contributed by atoms with E-state index in [1.54, 1.807) is 6.26 Å². The van der Waals surface area contributed by atoms with E-state index < -0.39 is 47.6 Å². The standard InChI is InChI=1S/C23H23F5N2OS.CH4S/c1-13(25)22(31)30-11-23(5-6-23)21(29-32-12-24)19(30)9-15-8-17(27)10-18(20(15)28)14-3-2-4-16(26)7-14;1-2/h2-4,7-8,10,13,19,21,29H,5-6,9,11-12H2,1H3;2H,1H3. The molecule has 1 aliphatic heterocycles. The van der Waals surface area contributed by atoms with Crippen LogP contribution in [0.25, 0.3) is 11.1 Å². The Bertz CT molecular complexity index is 1020. The summed E-state index contributed by atoms with van der Waals surface area (Å²) < 4.78 is 73.4. The van der Waals surface area contributed by atoms with Crippen molar-refractivity contribution in [2.45, 2.75) is 44.4 Å². The average Bonchev–Trinajstić information content (AvgIpc) is 3.53. The molecule has 1 heterocycles. The third-order valence-electron chi connectivity index (χ3n) is 6.39. The van der Waals surface area contributed by atoms with E-state index in [0.29, 0.717) is 0 Å². The maximum atomic E-state index is 15.4. The molecule has 2 aromatic carbocycles. The maximum Gasteiger partial charge on any atom is 0.257 e. The Morgan fingerprint density at radius 2 is 1.91 bits per heavy atom. The number of rotatable bonds is 7. The molecule has 0 aromatic heterocycles. The van der Waals surface area contributed by atoms with Gasteiger partial charge in [0.25, 0.3) is 5.91 Å². The van der Waals surface area contributed by atoms with Crippen LogP contribution in [0, 0.1) is 22.9 Å². The van der Waals surface area contributed by atoms with Crippen LogP contribution in [0.3, 0.4) is 0 Å². The Morgan fingerprint density at radius 3 is 2.50 bits per heavy atom. The molecular formula is C24H27F5N2OS2. The van der Waals surface area contributed by atoms with Gasteiger partial charge in [0, 0.05) is 23.6 Å². The summed E-state index contributed by atoms with van der Waals surface area (Å²) >= 11 is 4.36. The molecule has 2 aromatic rings. The Labute approximate surface area is 206 Å². The quantitative estimate of drug-likeness (QED) is 0.279. The van der Waals surface area contributed by atoms with Crippen LogP contribution in [-0.2, 0) is 11.2 Å². The third-order valence-corrected chi connectivity index (χ3v) is 6.92. The van der Waals surface area contributed by atoms with Crippen molar-refractivity contribution in [3.63, 3.8) is 0 Å². The van der Waals surface area contributed by atoms with Gasteiger partial charge in [-0.2, -0.15) is 12.6 Å². The van der Waals surface area contributed by atoms with Gasteiger partial charge in [0.05, 0.1) is 6.04 Å². The molecule has 1 spiro atoms. The first-order valence-corrected chi connectivity index (χ1v) is 12.7. The molecule has 2 aliphatic rings. The molecule has 1 saturated heterocycles. The number of carbonyl (C=O) groups excluding carboxylic acids is 1. The SMILES string of the molecule is CC(F)C(=O)N1CC2(CC2)C(NSCF)C1Cc1cc(F)cc(-c2cccc(F)c2)c1F.CS. The largest absolute Gasteiger partial charge is 0.335 e. The minimum Gasteiger partial charge on any atom is -0.335 e. The van der Waals surface area contributed by atoms with Gasteiger partial charge in [-0.05, 0) is 79.8 Å². The number of likely N-dealkylation sites (tertiary alicyclic amines) is 1. The first-order chi connectivity index (χ1) is 16.3. The first kappa shape index (κ1) is 26.8. The number of thiol groups is 1. The van der Waals surface area contributed by atoms with E-state index in [2.05, 4.69) is 17.4 Å². The molecule has 186 valence electrons. The average molecular weight is 519 g/mol. The highest BCUT2D eigenvalue weighted by Gasteiger charge is 2.60. The van der Waals surface area contributed by atoms with E-state index in [0.717, 1.165) is 49.9 Å². The third kappa shape index (κ3) is 5.54. The molecule has 34 heavy (non-hydrogen) atoms. The smallest absolute Gasteiger partial charge is 0.257 e. The molecule has 1 aliphatic carbocycles. The van der Waals surface area contributed by atoms with Gasteiger partial charge in [-0.25, -0.2) is 22.0 Å². The molecule has 4 rings (SSSR count). The lowest BCUT2D eigenvalue weighted by atomic mass is 9.91. The summed E-state index contributed by atoms with van der Waals surface area (Å²) in [6.07, 6.45) is 1.41. The minimum atomic E-state index is -1.75. The number of alkyl halides is 2. The summed E-state index contributed by atoms with van der Waals surface area (Å²) in [4.78, 5) is 14.0. The van der Waals surface area contributed by atoms with Gasteiger partial charge in [-0.3, -0.25) is 9.52 Å².